The Labute approximate surface area is 88.4 Å². The fraction of sp³-hybridized carbons (Fsp3) is 0.615. The molecule has 0 aromatic carbocycles. The minimum absolute atomic E-state index is 0.180. The lowest BCUT2D eigenvalue weighted by atomic mass is 9.84. The van der Waals surface area contributed by atoms with Gasteiger partial charge in [0.1, 0.15) is 0 Å². The predicted molar refractivity (Wildman–Crippen MR) is 65.0 cm³/mol. The first kappa shape index (κ1) is 13.2. The van der Waals surface area contributed by atoms with Crippen LogP contribution in [0.25, 0.3) is 0 Å². The molecule has 0 rings (SSSR count). The number of unbranched alkanes of at least 4 members (excludes halogenated alkanes) is 1. The predicted octanol–water partition coefficient (Wildman–Crippen LogP) is 4.35. The maximum Gasteiger partial charge on any atom is 0.0207 e. The highest BCUT2D eigenvalue weighted by atomic mass is 14.3. The van der Waals surface area contributed by atoms with Gasteiger partial charge in [-0.15, -0.1) is 0 Å². The third-order valence-corrected chi connectivity index (χ3v) is 2.13. The van der Waals surface area contributed by atoms with Crippen molar-refractivity contribution in [3.63, 3.8) is 0 Å². The van der Waals surface area contributed by atoms with E-state index >= 15 is 0 Å². The first-order valence-electron chi connectivity index (χ1n) is 5.31. The van der Waals surface area contributed by atoms with Gasteiger partial charge in [-0.1, -0.05) is 46.3 Å². The zero-order valence-corrected chi connectivity index (χ0v) is 10.1. The lowest BCUT2D eigenvalue weighted by molar-refractivity contribution is 0.514. The molecule has 0 unspecified atom stereocenters. The summed E-state index contributed by atoms with van der Waals surface area (Å²) in [6.45, 7) is 10.8. The summed E-state index contributed by atoms with van der Waals surface area (Å²) in [7, 11) is 0. The van der Waals surface area contributed by atoms with Crippen LogP contribution in [-0.2, 0) is 0 Å². The van der Waals surface area contributed by atoms with Gasteiger partial charge in [-0.05, 0) is 29.9 Å². The van der Waals surface area contributed by atoms with E-state index in [0.717, 1.165) is 12.0 Å². The van der Waals surface area contributed by atoms with Crippen LogP contribution in [0.5, 0.6) is 0 Å². The van der Waals surface area contributed by atoms with Gasteiger partial charge in [0.05, 0.1) is 0 Å². The van der Waals surface area contributed by atoms with Crippen molar-refractivity contribution in [3.05, 3.63) is 23.3 Å². The largest absolute Gasteiger partial charge is 0.308 e. The Kier molecular flexibility index (Phi) is 5.44. The highest BCUT2D eigenvalue weighted by Crippen LogP contribution is 2.27. The monoisotopic (exact) mass is 193 g/mol. The zero-order chi connectivity index (χ0) is 11.2. The molecule has 0 radical (unpaired) electrons. The molecule has 0 saturated heterocycles. The van der Waals surface area contributed by atoms with Gasteiger partial charge in [0.2, 0.25) is 0 Å². The topological polar surface area (TPSA) is 23.9 Å². The van der Waals surface area contributed by atoms with Crippen molar-refractivity contribution in [2.75, 3.05) is 0 Å². The molecule has 0 saturated carbocycles. The maximum atomic E-state index is 7.16. The van der Waals surface area contributed by atoms with Gasteiger partial charge in [-0.3, -0.25) is 0 Å². The van der Waals surface area contributed by atoms with E-state index in [9.17, 15) is 0 Å². The fourth-order valence-corrected chi connectivity index (χ4v) is 1.17. The van der Waals surface area contributed by atoms with Crippen LogP contribution in [-0.4, -0.2) is 6.21 Å². The first-order valence-corrected chi connectivity index (χ1v) is 5.31. The third-order valence-electron chi connectivity index (χ3n) is 2.13. The lowest BCUT2D eigenvalue weighted by Crippen LogP contribution is -2.08. The van der Waals surface area contributed by atoms with Gasteiger partial charge in [-0.25, -0.2) is 0 Å². The Morgan fingerprint density at radius 1 is 1.29 bits per heavy atom. The second-order valence-electron chi connectivity index (χ2n) is 4.73. The van der Waals surface area contributed by atoms with Gasteiger partial charge >= 0.3 is 0 Å². The molecule has 0 spiro atoms. The summed E-state index contributed by atoms with van der Waals surface area (Å²) in [6.07, 6.45) is 8.10. The van der Waals surface area contributed by atoms with Crippen molar-refractivity contribution in [1.82, 2.24) is 0 Å². The second-order valence-corrected chi connectivity index (χ2v) is 4.73. The van der Waals surface area contributed by atoms with Gasteiger partial charge in [0.15, 0.2) is 0 Å². The molecule has 0 aromatic heterocycles. The van der Waals surface area contributed by atoms with Crippen LogP contribution in [0.15, 0.2) is 23.3 Å². The van der Waals surface area contributed by atoms with Crippen molar-refractivity contribution >= 4 is 6.21 Å². The Bertz CT molecular complexity index is 238. The molecular formula is C13H23N. The molecular weight excluding hydrogens is 170 g/mol. The summed E-state index contributed by atoms with van der Waals surface area (Å²) < 4.78 is 0. The Morgan fingerprint density at radius 3 is 2.21 bits per heavy atom. The summed E-state index contributed by atoms with van der Waals surface area (Å²) in [5.74, 6) is 0. The van der Waals surface area contributed by atoms with Gasteiger partial charge in [0, 0.05) is 6.21 Å². The molecule has 0 aliphatic heterocycles. The van der Waals surface area contributed by atoms with Gasteiger partial charge < -0.3 is 5.41 Å². The smallest absolute Gasteiger partial charge is 0.0207 e. The van der Waals surface area contributed by atoms with Crippen molar-refractivity contribution in [2.45, 2.75) is 47.5 Å². The van der Waals surface area contributed by atoms with E-state index in [0.29, 0.717) is 0 Å². The van der Waals surface area contributed by atoms with E-state index in [1.54, 1.807) is 0 Å². The minimum Gasteiger partial charge on any atom is -0.308 e. The average Bonchev–Trinajstić information content (AvgIpc) is 2.09. The van der Waals surface area contributed by atoms with Crippen LogP contribution in [0.2, 0.25) is 0 Å². The van der Waals surface area contributed by atoms with Crippen molar-refractivity contribution < 1.29 is 0 Å². The van der Waals surface area contributed by atoms with Crippen LogP contribution in [0, 0.1) is 10.8 Å². The van der Waals surface area contributed by atoms with E-state index in [-0.39, 0.29) is 5.41 Å². The number of hydrogen-bond donors (Lipinski definition) is 1. The molecule has 0 aromatic rings. The highest BCUT2D eigenvalue weighted by molar-refractivity contribution is 5.75. The van der Waals surface area contributed by atoms with E-state index in [1.165, 1.54) is 18.2 Å². The summed E-state index contributed by atoms with van der Waals surface area (Å²) in [5, 5.41) is 7.16. The molecule has 0 aliphatic rings. The molecule has 0 bridgehead atoms. The first-order chi connectivity index (χ1) is 6.41. The van der Waals surface area contributed by atoms with Crippen LogP contribution in [0.3, 0.4) is 0 Å². The molecule has 0 heterocycles. The average molecular weight is 193 g/mol. The SMILES string of the molecule is CCC/C=C(/C=C(/C)C=N)C(C)(C)C. The molecule has 1 N–H and O–H groups in total. The molecule has 1 heteroatoms. The summed E-state index contributed by atoms with van der Waals surface area (Å²) in [4.78, 5) is 0. The summed E-state index contributed by atoms with van der Waals surface area (Å²) in [6, 6.07) is 0. The number of hydrogen-bond acceptors (Lipinski definition) is 1. The molecule has 0 fully saturated rings. The van der Waals surface area contributed by atoms with Crippen molar-refractivity contribution in [2.24, 2.45) is 5.41 Å². The summed E-state index contributed by atoms with van der Waals surface area (Å²) >= 11 is 0. The van der Waals surface area contributed by atoms with Crippen LogP contribution in [0.4, 0.5) is 0 Å². The Morgan fingerprint density at radius 2 is 1.86 bits per heavy atom. The highest BCUT2D eigenvalue weighted by Gasteiger charge is 2.14. The minimum atomic E-state index is 0.180. The zero-order valence-electron chi connectivity index (χ0n) is 10.1. The molecule has 0 aliphatic carbocycles. The Balaban J connectivity index is 4.83. The van der Waals surface area contributed by atoms with E-state index in [1.807, 2.05) is 6.92 Å². The van der Waals surface area contributed by atoms with Gasteiger partial charge in [0.25, 0.3) is 0 Å². The number of allylic oxidation sites excluding steroid dienone is 4. The van der Waals surface area contributed by atoms with Crippen molar-refractivity contribution in [1.29, 1.82) is 5.41 Å². The molecule has 14 heavy (non-hydrogen) atoms. The van der Waals surface area contributed by atoms with E-state index in [2.05, 4.69) is 39.8 Å². The number of rotatable bonds is 4. The number of nitrogens with one attached hydrogen (secondary N) is 1. The standard InChI is InChI=1S/C13H23N/c1-6-7-8-12(13(3,4)5)9-11(2)10-14/h8-10,14H,6-7H2,1-5H3/b11-9-,12-8-,14-10?. The quantitative estimate of drug-likeness (QED) is 0.507. The van der Waals surface area contributed by atoms with Crippen molar-refractivity contribution in [3.8, 4) is 0 Å². The summed E-state index contributed by atoms with van der Waals surface area (Å²) in [5.41, 5.74) is 2.53. The lowest BCUT2D eigenvalue weighted by Gasteiger charge is -2.21. The molecule has 1 nitrogen and oxygen atoms in total. The van der Waals surface area contributed by atoms with Crippen LogP contribution >= 0.6 is 0 Å². The molecule has 0 atom stereocenters. The fourth-order valence-electron chi connectivity index (χ4n) is 1.17. The molecule has 80 valence electrons. The Hall–Kier alpha value is -0.850. The van der Waals surface area contributed by atoms with Crippen LogP contribution in [0.1, 0.15) is 47.5 Å². The van der Waals surface area contributed by atoms with Gasteiger partial charge in [-0.2, -0.15) is 0 Å². The normalized spacial score (nSPS) is 14.4. The second kappa shape index (κ2) is 5.79. The van der Waals surface area contributed by atoms with E-state index in [4.69, 9.17) is 5.41 Å². The van der Waals surface area contributed by atoms with E-state index < -0.39 is 0 Å². The molecule has 0 amide bonds. The van der Waals surface area contributed by atoms with Crippen LogP contribution < -0.4 is 0 Å². The third kappa shape index (κ3) is 5.00. The maximum absolute atomic E-state index is 7.16.